The van der Waals surface area contributed by atoms with Crippen LogP contribution in [-0.4, -0.2) is 23.2 Å². The summed E-state index contributed by atoms with van der Waals surface area (Å²) < 4.78 is 0. The smallest absolute Gasteiger partial charge is 0.483 e. The molecule has 136 valence electrons. The van der Waals surface area contributed by atoms with Crippen molar-refractivity contribution in [1.29, 1.82) is 0 Å². The predicted molar refractivity (Wildman–Crippen MR) is 104 cm³/mol. The maximum Gasteiger partial charge on any atom is 2.00 e. The largest absolute Gasteiger partial charge is 2.00 e. The molecule has 0 aliphatic carbocycles. The molecular weight excluding hydrogens is 376 g/mol. The first-order valence-electron chi connectivity index (χ1n) is 8.16. The molecule has 27 heavy (non-hydrogen) atoms. The third-order valence-electron chi connectivity index (χ3n) is 4.06. The van der Waals surface area contributed by atoms with Gasteiger partial charge < -0.3 is 10.2 Å². The summed E-state index contributed by atoms with van der Waals surface area (Å²) in [6.07, 6.45) is 2.23. The summed E-state index contributed by atoms with van der Waals surface area (Å²) in [4.78, 5) is 16.7. The Morgan fingerprint density at radius 1 is 0.704 bits per heavy atom. The first kappa shape index (κ1) is 22.4. The van der Waals surface area contributed by atoms with E-state index in [1.54, 1.807) is 0 Å². The Labute approximate surface area is 172 Å². The molecule has 0 fully saturated rings. The molecule has 2 N–H and O–H groups in total. The van der Waals surface area contributed by atoms with E-state index in [9.17, 15) is 0 Å². The van der Waals surface area contributed by atoms with Crippen LogP contribution in [0.1, 0.15) is 11.1 Å². The fraction of sp³-hybridized carbons (Fsp3) is 0.0909. The van der Waals surface area contributed by atoms with E-state index in [2.05, 4.69) is 72.8 Å². The molecule has 5 heteroatoms. The summed E-state index contributed by atoms with van der Waals surface area (Å²) in [7, 11) is 0. The van der Waals surface area contributed by atoms with Gasteiger partial charge in [-0.15, -0.1) is 81.2 Å². The summed E-state index contributed by atoms with van der Waals surface area (Å²) >= 11 is 0. The second-order valence-electron chi connectivity index (χ2n) is 5.70. The second kappa shape index (κ2) is 11.8. The van der Waals surface area contributed by atoms with Crippen molar-refractivity contribution in [3.8, 4) is 0 Å². The minimum Gasteiger partial charge on any atom is -0.483 e. The van der Waals surface area contributed by atoms with Gasteiger partial charge in [-0.05, 0) is 12.8 Å². The van der Waals surface area contributed by atoms with Gasteiger partial charge in [0.25, 0.3) is 12.9 Å². The van der Waals surface area contributed by atoms with Crippen LogP contribution < -0.4 is 0 Å². The van der Waals surface area contributed by atoms with Crippen LogP contribution >= 0.6 is 0 Å². The van der Waals surface area contributed by atoms with Crippen LogP contribution in [0.2, 0.25) is 0 Å². The summed E-state index contributed by atoms with van der Waals surface area (Å²) in [5.41, 5.74) is 2.88. The van der Waals surface area contributed by atoms with E-state index < -0.39 is 0 Å². The molecule has 0 unspecified atom stereocenters. The fourth-order valence-corrected chi connectivity index (χ4v) is 3.01. The molecule has 0 saturated heterocycles. The number of aryl methyl sites for hydroxylation is 2. The van der Waals surface area contributed by atoms with Crippen LogP contribution in [0.4, 0.5) is 0 Å². The van der Waals surface area contributed by atoms with Gasteiger partial charge in [-0.3, -0.25) is 9.59 Å². The minimum absolute atomic E-state index is 0. The van der Waals surface area contributed by atoms with Gasteiger partial charge in [0.05, 0.1) is 0 Å². The molecular formula is C22H20O4Ti. The molecule has 0 aliphatic rings. The predicted octanol–water partition coefficient (Wildman–Crippen LogP) is 4.62. The van der Waals surface area contributed by atoms with Crippen molar-refractivity contribution in [2.75, 3.05) is 0 Å². The number of rotatable bonds is 3. The Morgan fingerprint density at radius 3 is 1.37 bits per heavy atom. The summed E-state index contributed by atoms with van der Waals surface area (Å²) in [5, 5.41) is 19.2. The van der Waals surface area contributed by atoms with E-state index in [4.69, 9.17) is 19.8 Å². The zero-order chi connectivity index (χ0) is 18.8. The number of carbonyl (C=O) groups is 2. The molecule has 0 aromatic heterocycles. The first-order valence-corrected chi connectivity index (χ1v) is 8.16. The van der Waals surface area contributed by atoms with Crippen LogP contribution in [0.5, 0.6) is 0 Å². The molecule has 0 spiro atoms. The van der Waals surface area contributed by atoms with Gasteiger partial charge in [0.2, 0.25) is 0 Å². The van der Waals surface area contributed by atoms with Crippen LogP contribution in [-0.2, 0) is 44.1 Å². The van der Waals surface area contributed by atoms with Crippen molar-refractivity contribution >= 4 is 34.5 Å². The number of fused-ring (bicyclic) bond motifs is 2. The van der Waals surface area contributed by atoms with Gasteiger partial charge in [-0.25, -0.2) is 0 Å². The minimum atomic E-state index is -0.250. The zero-order valence-electron chi connectivity index (χ0n) is 14.7. The molecule has 4 aromatic carbocycles. The van der Waals surface area contributed by atoms with Gasteiger partial charge in [-0.1, -0.05) is 12.1 Å². The van der Waals surface area contributed by atoms with Crippen molar-refractivity contribution in [3.05, 3.63) is 83.9 Å². The third-order valence-corrected chi connectivity index (χ3v) is 4.06. The monoisotopic (exact) mass is 396 g/mol. The Hall–Kier alpha value is -2.69. The Balaban J connectivity index is 0.000000466. The van der Waals surface area contributed by atoms with Crippen molar-refractivity contribution in [3.63, 3.8) is 0 Å². The van der Waals surface area contributed by atoms with Crippen LogP contribution in [0, 0.1) is 0 Å². The quantitative estimate of drug-likeness (QED) is 0.301. The van der Waals surface area contributed by atoms with E-state index in [1.807, 2.05) is 0 Å². The van der Waals surface area contributed by atoms with Gasteiger partial charge >= 0.3 is 21.7 Å². The van der Waals surface area contributed by atoms with Crippen molar-refractivity contribution in [1.82, 2.24) is 0 Å². The average Bonchev–Trinajstić information content (AvgIpc) is 3.24. The maximum absolute atomic E-state index is 8.36. The molecule has 0 heterocycles. The number of hydrogen-bond donors (Lipinski definition) is 2. The van der Waals surface area contributed by atoms with Gasteiger partial charge in [0.1, 0.15) is 0 Å². The Bertz CT molecular complexity index is 822. The first-order chi connectivity index (χ1) is 12.7. The Kier molecular flexibility index (Phi) is 9.80. The van der Waals surface area contributed by atoms with E-state index in [0.717, 1.165) is 12.8 Å². The van der Waals surface area contributed by atoms with Crippen LogP contribution in [0.15, 0.2) is 72.8 Å². The van der Waals surface area contributed by atoms with Crippen molar-refractivity contribution in [2.45, 2.75) is 12.8 Å². The molecule has 0 aliphatic heterocycles. The van der Waals surface area contributed by atoms with E-state index in [-0.39, 0.29) is 34.7 Å². The molecule has 0 atom stereocenters. The summed E-state index contributed by atoms with van der Waals surface area (Å²) in [5.74, 6) is 0. The Morgan fingerprint density at radius 2 is 1.04 bits per heavy atom. The molecule has 0 amide bonds. The molecule has 0 bridgehead atoms. The summed E-state index contributed by atoms with van der Waals surface area (Å²) in [6, 6.07) is 26.5. The molecule has 4 rings (SSSR count). The van der Waals surface area contributed by atoms with E-state index >= 15 is 0 Å². The summed E-state index contributed by atoms with van der Waals surface area (Å²) in [6.45, 7) is -0.500. The third kappa shape index (κ3) is 6.52. The van der Waals surface area contributed by atoms with Gasteiger partial charge in [0.15, 0.2) is 0 Å². The topological polar surface area (TPSA) is 74.6 Å². The van der Waals surface area contributed by atoms with Crippen molar-refractivity contribution in [2.24, 2.45) is 0 Å². The van der Waals surface area contributed by atoms with Crippen molar-refractivity contribution < 1.29 is 41.5 Å². The molecule has 4 aromatic rings. The average molecular weight is 396 g/mol. The number of carboxylic acid groups (broad SMARTS) is 2. The second-order valence-corrected chi connectivity index (χ2v) is 5.70. The van der Waals surface area contributed by atoms with Crippen LogP contribution in [0.25, 0.3) is 21.5 Å². The molecule has 4 nitrogen and oxygen atoms in total. The SMILES string of the molecule is O=CO.O=CO.[Ti+2].c1ccc2[cH-]c(CCc3cc4ccccc4[cH-]3)cc2c1. The standard InChI is InChI=1S/C20H16.2CH2O2.Ti/c1-2-6-18-12-15(11-17(18)5-1)9-10-16-13-19-7-3-4-8-20(19)14-16;2*2-1-3;/h1-8,11-14H,9-10H2;2*1H,(H,2,3);/q-2;;;+2. The fourth-order valence-electron chi connectivity index (χ4n) is 3.01. The molecule has 0 radical (unpaired) electrons. The number of benzene rings is 2. The number of hydrogen-bond acceptors (Lipinski definition) is 2. The molecule has 0 saturated carbocycles. The zero-order valence-corrected chi connectivity index (χ0v) is 16.3. The maximum atomic E-state index is 8.36. The normalized spacial score (nSPS) is 9.33. The van der Waals surface area contributed by atoms with Gasteiger partial charge in [0, 0.05) is 0 Å². The van der Waals surface area contributed by atoms with Crippen LogP contribution in [0.3, 0.4) is 0 Å². The van der Waals surface area contributed by atoms with E-state index in [0.29, 0.717) is 0 Å². The van der Waals surface area contributed by atoms with E-state index in [1.165, 1.54) is 32.7 Å². The van der Waals surface area contributed by atoms with Gasteiger partial charge in [-0.2, -0.15) is 12.1 Å².